The first-order valence-corrected chi connectivity index (χ1v) is 5.40. The largest absolute Gasteiger partial charge is 0.327 e. The molecule has 0 amide bonds. The maximum atomic E-state index is 6.23. The second-order valence-corrected chi connectivity index (χ2v) is 5.11. The number of fused-ring (bicyclic) bond motifs is 1. The molecular weight excluding hydrogens is 146 g/mol. The lowest BCUT2D eigenvalue weighted by Crippen LogP contribution is -2.53. The molecule has 12 heavy (non-hydrogen) atoms. The molecule has 2 N–H and O–H groups in total. The average molecular weight is 167 g/mol. The molecule has 0 aromatic carbocycles. The fourth-order valence-electron chi connectivity index (χ4n) is 3.69. The van der Waals surface area contributed by atoms with E-state index in [9.17, 15) is 0 Å². The first-order valence-electron chi connectivity index (χ1n) is 5.40. The highest BCUT2D eigenvalue weighted by molar-refractivity contribution is 5.13. The predicted molar refractivity (Wildman–Crippen MR) is 51.9 cm³/mol. The summed E-state index contributed by atoms with van der Waals surface area (Å²) in [5.74, 6) is 0. The molecular formula is C11H21N. The van der Waals surface area contributed by atoms with E-state index in [1.165, 1.54) is 38.5 Å². The Balaban J connectivity index is 2.20. The van der Waals surface area contributed by atoms with Crippen LogP contribution in [0.5, 0.6) is 0 Å². The van der Waals surface area contributed by atoms with Crippen LogP contribution < -0.4 is 5.73 Å². The van der Waals surface area contributed by atoms with Crippen molar-refractivity contribution in [1.29, 1.82) is 0 Å². The third-order valence-electron chi connectivity index (χ3n) is 4.74. The molecule has 0 heterocycles. The Bertz CT molecular complexity index is 189. The lowest BCUT2D eigenvalue weighted by molar-refractivity contribution is -0.0524. The zero-order chi connectivity index (χ0) is 8.82. The fraction of sp³-hybridized carbons (Fsp3) is 1.00. The third-order valence-corrected chi connectivity index (χ3v) is 4.74. The zero-order valence-corrected chi connectivity index (χ0v) is 8.40. The van der Waals surface area contributed by atoms with Crippen LogP contribution in [0.25, 0.3) is 0 Å². The number of nitrogens with two attached hydrogens (primary N) is 1. The summed E-state index contributed by atoms with van der Waals surface area (Å²) in [6.45, 7) is 4.75. The van der Waals surface area contributed by atoms with Gasteiger partial charge < -0.3 is 5.73 Å². The van der Waals surface area contributed by atoms with Crippen LogP contribution >= 0.6 is 0 Å². The van der Waals surface area contributed by atoms with Gasteiger partial charge in [-0.3, -0.25) is 0 Å². The maximum absolute atomic E-state index is 6.23. The molecule has 0 radical (unpaired) electrons. The molecule has 2 unspecified atom stereocenters. The van der Waals surface area contributed by atoms with E-state index >= 15 is 0 Å². The van der Waals surface area contributed by atoms with Crippen molar-refractivity contribution >= 4 is 0 Å². The standard InChI is InChI=1S/C11H21N/c1-3-5-11-8-7-10(11,2)6-4-9(11)12/h9H,3-8,12H2,1-2H3/t9?,10-,11?/m0/s1. The molecule has 0 aromatic heterocycles. The Kier molecular flexibility index (Phi) is 1.76. The Labute approximate surface area is 75.7 Å². The molecule has 2 saturated carbocycles. The number of hydrogen-bond acceptors (Lipinski definition) is 1. The molecule has 0 spiro atoms. The monoisotopic (exact) mass is 167 g/mol. The van der Waals surface area contributed by atoms with Crippen LogP contribution in [0.4, 0.5) is 0 Å². The predicted octanol–water partition coefficient (Wildman–Crippen LogP) is 2.69. The third kappa shape index (κ3) is 0.783. The van der Waals surface area contributed by atoms with Crippen LogP contribution in [0, 0.1) is 10.8 Å². The van der Waals surface area contributed by atoms with Gasteiger partial charge >= 0.3 is 0 Å². The maximum Gasteiger partial charge on any atom is 0.0101 e. The van der Waals surface area contributed by atoms with Gasteiger partial charge in [0.25, 0.3) is 0 Å². The SMILES string of the molecule is CCCC12CC[C@]1(C)CCC2N. The number of rotatable bonds is 2. The van der Waals surface area contributed by atoms with E-state index in [2.05, 4.69) is 13.8 Å². The summed E-state index contributed by atoms with van der Waals surface area (Å²) < 4.78 is 0. The molecule has 2 aliphatic carbocycles. The molecule has 70 valence electrons. The van der Waals surface area contributed by atoms with Crippen LogP contribution in [0.3, 0.4) is 0 Å². The molecule has 2 rings (SSSR count). The van der Waals surface area contributed by atoms with Crippen molar-refractivity contribution in [2.75, 3.05) is 0 Å². The van der Waals surface area contributed by atoms with E-state index in [0.29, 0.717) is 16.9 Å². The van der Waals surface area contributed by atoms with Gasteiger partial charge in [0.2, 0.25) is 0 Å². The Morgan fingerprint density at radius 2 is 2.08 bits per heavy atom. The Morgan fingerprint density at radius 1 is 1.33 bits per heavy atom. The van der Waals surface area contributed by atoms with Crippen LogP contribution in [0.1, 0.15) is 52.4 Å². The summed E-state index contributed by atoms with van der Waals surface area (Å²) in [4.78, 5) is 0. The minimum Gasteiger partial charge on any atom is -0.327 e. The molecule has 0 saturated heterocycles. The lowest BCUT2D eigenvalue weighted by Gasteiger charge is -2.56. The highest BCUT2D eigenvalue weighted by Gasteiger charge is 2.61. The first-order chi connectivity index (χ1) is 5.65. The Morgan fingerprint density at radius 3 is 2.50 bits per heavy atom. The molecule has 2 fully saturated rings. The van der Waals surface area contributed by atoms with Gasteiger partial charge in [0.15, 0.2) is 0 Å². The summed E-state index contributed by atoms with van der Waals surface area (Å²) in [5.41, 5.74) is 7.41. The second kappa shape index (κ2) is 2.47. The van der Waals surface area contributed by atoms with Gasteiger partial charge in [0, 0.05) is 6.04 Å². The van der Waals surface area contributed by atoms with Gasteiger partial charge in [0.05, 0.1) is 0 Å². The minimum atomic E-state index is 0.510. The van der Waals surface area contributed by atoms with E-state index in [-0.39, 0.29) is 0 Å². The second-order valence-electron chi connectivity index (χ2n) is 5.11. The highest BCUT2D eigenvalue weighted by Crippen LogP contribution is 2.67. The zero-order valence-electron chi connectivity index (χ0n) is 8.40. The summed E-state index contributed by atoms with van der Waals surface area (Å²) >= 11 is 0. The van der Waals surface area contributed by atoms with Crippen molar-refractivity contribution in [3.8, 4) is 0 Å². The van der Waals surface area contributed by atoms with Crippen molar-refractivity contribution in [2.45, 2.75) is 58.4 Å². The summed E-state index contributed by atoms with van der Waals surface area (Å²) in [6, 6.07) is 0.510. The van der Waals surface area contributed by atoms with Crippen LogP contribution in [0.15, 0.2) is 0 Å². The van der Waals surface area contributed by atoms with E-state index in [0.717, 1.165) is 0 Å². The van der Waals surface area contributed by atoms with Gasteiger partial charge in [-0.05, 0) is 42.9 Å². The molecule has 0 aliphatic heterocycles. The molecule has 0 bridgehead atoms. The van der Waals surface area contributed by atoms with Crippen molar-refractivity contribution in [1.82, 2.24) is 0 Å². The van der Waals surface area contributed by atoms with Gasteiger partial charge in [-0.15, -0.1) is 0 Å². The molecule has 0 aromatic rings. The quantitative estimate of drug-likeness (QED) is 0.672. The van der Waals surface area contributed by atoms with Crippen LogP contribution in [-0.4, -0.2) is 6.04 Å². The normalized spacial score (nSPS) is 51.8. The van der Waals surface area contributed by atoms with E-state index in [4.69, 9.17) is 5.73 Å². The first kappa shape index (κ1) is 8.55. The molecule has 1 heteroatoms. The molecule has 2 aliphatic rings. The van der Waals surface area contributed by atoms with E-state index in [1.54, 1.807) is 0 Å². The molecule has 3 atom stereocenters. The van der Waals surface area contributed by atoms with Gasteiger partial charge in [0.1, 0.15) is 0 Å². The Hall–Kier alpha value is -0.0400. The summed E-state index contributed by atoms with van der Waals surface area (Å²) in [7, 11) is 0. The minimum absolute atomic E-state index is 0.510. The van der Waals surface area contributed by atoms with E-state index < -0.39 is 0 Å². The van der Waals surface area contributed by atoms with Gasteiger partial charge in [-0.25, -0.2) is 0 Å². The van der Waals surface area contributed by atoms with Gasteiger partial charge in [-0.1, -0.05) is 20.3 Å². The highest BCUT2D eigenvalue weighted by atomic mass is 14.8. The van der Waals surface area contributed by atoms with Crippen molar-refractivity contribution in [2.24, 2.45) is 16.6 Å². The van der Waals surface area contributed by atoms with E-state index in [1.807, 2.05) is 0 Å². The van der Waals surface area contributed by atoms with Crippen molar-refractivity contribution in [3.63, 3.8) is 0 Å². The van der Waals surface area contributed by atoms with Crippen LogP contribution in [-0.2, 0) is 0 Å². The summed E-state index contributed by atoms with van der Waals surface area (Å²) in [5, 5.41) is 0. The van der Waals surface area contributed by atoms with Gasteiger partial charge in [-0.2, -0.15) is 0 Å². The fourth-order valence-corrected chi connectivity index (χ4v) is 3.69. The average Bonchev–Trinajstić information content (AvgIpc) is 2.19. The number of hydrogen-bond donors (Lipinski definition) is 1. The summed E-state index contributed by atoms with van der Waals surface area (Å²) in [6.07, 6.45) is 8.16. The molecule has 1 nitrogen and oxygen atoms in total. The van der Waals surface area contributed by atoms with Crippen LogP contribution in [0.2, 0.25) is 0 Å². The smallest absolute Gasteiger partial charge is 0.0101 e. The topological polar surface area (TPSA) is 26.0 Å². The van der Waals surface area contributed by atoms with Crippen molar-refractivity contribution in [3.05, 3.63) is 0 Å². The van der Waals surface area contributed by atoms with Crippen molar-refractivity contribution < 1.29 is 0 Å². The lowest BCUT2D eigenvalue weighted by atomic mass is 9.49.